The maximum absolute atomic E-state index is 13.0. The highest BCUT2D eigenvalue weighted by molar-refractivity contribution is 6.06. The van der Waals surface area contributed by atoms with E-state index in [2.05, 4.69) is 31.2 Å². The molecule has 136 valence electrons. The molecule has 0 spiro atoms. The summed E-state index contributed by atoms with van der Waals surface area (Å²) in [6.45, 7) is 10.2. The van der Waals surface area contributed by atoms with E-state index in [9.17, 15) is 4.79 Å². The van der Waals surface area contributed by atoms with Gasteiger partial charge < -0.3 is 5.32 Å². The van der Waals surface area contributed by atoms with Gasteiger partial charge in [0.15, 0.2) is 5.65 Å². The number of hydrogen-bond donors (Lipinski definition) is 1. The first-order valence-electron chi connectivity index (χ1n) is 9.08. The van der Waals surface area contributed by atoms with E-state index in [-0.39, 0.29) is 17.5 Å². The molecule has 0 saturated carbocycles. The van der Waals surface area contributed by atoms with Crippen molar-refractivity contribution in [2.75, 3.05) is 0 Å². The summed E-state index contributed by atoms with van der Waals surface area (Å²) in [7, 11) is 0. The van der Waals surface area contributed by atoms with Crippen LogP contribution in [0.2, 0.25) is 0 Å². The van der Waals surface area contributed by atoms with Gasteiger partial charge in [0.2, 0.25) is 0 Å². The van der Waals surface area contributed by atoms with Gasteiger partial charge in [-0.1, -0.05) is 37.3 Å². The van der Waals surface area contributed by atoms with Crippen molar-refractivity contribution in [2.45, 2.75) is 52.6 Å². The second-order valence-corrected chi connectivity index (χ2v) is 7.53. The highest BCUT2D eigenvalue weighted by Gasteiger charge is 2.23. The van der Waals surface area contributed by atoms with E-state index in [1.807, 2.05) is 54.9 Å². The van der Waals surface area contributed by atoms with E-state index < -0.39 is 0 Å². The second-order valence-electron chi connectivity index (χ2n) is 7.53. The Balaban J connectivity index is 2.19. The molecule has 1 aromatic carbocycles. The Kier molecular flexibility index (Phi) is 4.81. The van der Waals surface area contributed by atoms with Crippen LogP contribution in [0.1, 0.15) is 57.4 Å². The zero-order chi connectivity index (χ0) is 18.9. The molecule has 5 heteroatoms. The van der Waals surface area contributed by atoms with Crippen molar-refractivity contribution >= 4 is 16.9 Å². The summed E-state index contributed by atoms with van der Waals surface area (Å²) in [5.41, 5.74) is 2.84. The van der Waals surface area contributed by atoms with Gasteiger partial charge in [0.05, 0.1) is 22.8 Å². The number of amides is 1. The van der Waals surface area contributed by atoms with Crippen LogP contribution in [0.25, 0.3) is 22.3 Å². The van der Waals surface area contributed by atoms with Crippen molar-refractivity contribution in [1.29, 1.82) is 0 Å². The minimum absolute atomic E-state index is 0.0928. The molecule has 0 aliphatic carbocycles. The molecule has 0 aliphatic heterocycles. The summed E-state index contributed by atoms with van der Waals surface area (Å²) >= 11 is 0. The maximum atomic E-state index is 13.0. The van der Waals surface area contributed by atoms with Crippen molar-refractivity contribution in [3.8, 4) is 11.3 Å². The Morgan fingerprint density at radius 2 is 1.92 bits per heavy atom. The van der Waals surface area contributed by atoms with E-state index in [1.165, 1.54) is 0 Å². The van der Waals surface area contributed by atoms with Gasteiger partial charge in [-0.3, -0.25) is 4.79 Å². The molecule has 0 bridgehead atoms. The molecule has 2 heterocycles. The Morgan fingerprint density at radius 3 is 2.54 bits per heavy atom. The van der Waals surface area contributed by atoms with Gasteiger partial charge >= 0.3 is 0 Å². The molecule has 0 aliphatic rings. The van der Waals surface area contributed by atoms with Crippen molar-refractivity contribution in [3.05, 3.63) is 48.2 Å². The molecular formula is C21H26N4O. The van der Waals surface area contributed by atoms with Crippen LogP contribution in [-0.4, -0.2) is 26.2 Å². The summed E-state index contributed by atoms with van der Waals surface area (Å²) in [5.74, 6) is -0.0928. The predicted octanol–water partition coefficient (Wildman–Crippen LogP) is 4.60. The van der Waals surface area contributed by atoms with E-state index in [4.69, 9.17) is 4.98 Å². The number of fused-ring (bicyclic) bond motifs is 1. The van der Waals surface area contributed by atoms with Crippen LogP contribution in [0.15, 0.2) is 42.6 Å². The normalized spacial score (nSPS) is 11.9. The maximum Gasteiger partial charge on any atom is 0.252 e. The molecule has 0 radical (unpaired) electrons. The number of carbonyl (C=O) groups is 1. The van der Waals surface area contributed by atoms with Crippen LogP contribution in [0.4, 0.5) is 0 Å². The predicted molar refractivity (Wildman–Crippen MR) is 105 cm³/mol. The molecule has 5 nitrogen and oxygen atoms in total. The third kappa shape index (κ3) is 3.47. The Morgan fingerprint density at radius 1 is 1.23 bits per heavy atom. The summed E-state index contributed by atoms with van der Waals surface area (Å²) in [4.78, 5) is 17.8. The molecule has 0 fully saturated rings. The summed E-state index contributed by atoms with van der Waals surface area (Å²) in [6.07, 6.45) is 2.59. The van der Waals surface area contributed by atoms with Gasteiger partial charge in [-0.25, -0.2) is 9.67 Å². The third-order valence-electron chi connectivity index (χ3n) is 4.71. The lowest BCUT2D eigenvalue weighted by Gasteiger charge is -2.24. The van der Waals surface area contributed by atoms with Crippen molar-refractivity contribution in [1.82, 2.24) is 20.1 Å². The lowest BCUT2D eigenvalue weighted by Crippen LogP contribution is -2.42. The van der Waals surface area contributed by atoms with Crippen molar-refractivity contribution < 1.29 is 4.79 Å². The van der Waals surface area contributed by atoms with Gasteiger partial charge in [-0.05, 0) is 40.2 Å². The monoisotopic (exact) mass is 350 g/mol. The topological polar surface area (TPSA) is 59.8 Å². The second kappa shape index (κ2) is 6.90. The number of nitrogens with zero attached hydrogens (tertiary/aromatic N) is 3. The molecule has 0 unspecified atom stereocenters. The van der Waals surface area contributed by atoms with Crippen molar-refractivity contribution in [2.24, 2.45) is 0 Å². The standard InChI is InChI=1S/C21H26N4O/c1-6-21(4,5)24-20(26)16-12-18(15-10-8-7-9-11-15)23-19-17(16)13-22-25(19)14(2)3/h7-14H,6H2,1-5H3,(H,24,26). The average molecular weight is 350 g/mol. The quantitative estimate of drug-likeness (QED) is 0.732. The molecule has 26 heavy (non-hydrogen) atoms. The number of hydrogen-bond acceptors (Lipinski definition) is 3. The number of carbonyl (C=O) groups excluding carboxylic acids is 1. The van der Waals surface area contributed by atoms with Crippen molar-refractivity contribution in [3.63, 3.8) is 0 Å². The lowest BCUT2D eigenvalue weighted by molar-refractivity contribution is 0.0913. The highest BCUT2D eigenvalue weighted by Crippen LogP contribution is 2.26. The molecule has 1 amide bonds. The van der Waals surface area contributed by atoms with Gasteiger partial charge in [-0.2, -0.15) is 5.10 Å². The fourth-order valence-electron chi connectivity index (χ4n) is 2.80. The van der Waals surface area contributed by atoms with Gasteiger partial charge in [-0.15, -0.1) is 0 Å². The number of rotatable bonds is 5. The fourth-order valence-corrected chi connectivity index (χ4v) is 2.80. The molecule has 3 rings (SSSR count). The van der Waals surface area contributed by atoms with Gasteiger partial charge in [0, 0.05) is 17.1 Å². The highest BCUT2D eigenvalue weighted by atomic mass is 16.1. The molecule has 0 atom stereocenters. The van der Waals surface area contributed by atoms with Gasteiger partial charge in [0.25, 0.3) is 5.91 Å². The molecule has 3 aromatic rings. The largest absolute Gasteiger partial charge is 0.347 e. The smallest absolute Gasteiger partial charge is 0.252 e. The average Bonchev–Trinajstić information content (AvgIpc) is 3.05. The van der Waals surface area contributed by atoms with Crippen LogP contribution in [0, 0.1) is 0 Å². The van der Waals surface area contributed by atoms with Crippen LogP contribution in [0.5, 0.6) is 0 Å². The number of pyridine rings is 1. The van der Waals surface area contributed by atoms with Gasteiger partial charge in [0.1, 0.15) is 0 Å². The van der Waals surface area contributed by atoms with E-state index >= 15 is 0 Å². The van der Waals surface area contributed by atoms with Crippen LogP contribution in [0.3, 0.4) is 0 Å². The zero-order valence-corrected chi connectivity index (χ0v) is 16.1. The van der Waals surface area contributed by atoms with Crippen LogP contribution >= 0.6 is 0 Å². The minimum Gasteiger partial charge on any atom is -0.347 e. The Labute approximate surface area is 154 Å². The van der Waals surface area contributed by atoms with E-state index in [0.29, 0.717) is 5.56 Å². The van der Waals surface area contributed by atoms with E-state index in [0.717, 1.165) is 28.7 Å². The first-order chi connectivity index (χ1) is 12.3. The van der Waals surface area contributed by atoms with E-state index in [1.54, 1.807) is 6.20 Å². The molecule has 1 N–H and O–H groups in total. The summed E-state index contributed by atoms with van der Waals surface area (Å²) in [5, 5.41) is 8.37. The summed E-state index contributed by atoms with van der Waals surface area (Å²) < 4.78 is 1.86. The number of aromatic nitrogens is 3. The third-order valence-corrected chi connectivity index (χ3v) is 4.71. The molecular weight excluding hydrogens is 324 g/mol. The minimum atomic E-state index is -0.270. The fraction of sp³-hybridized carbons (Fsp3) is 0.381. The first kappa shape index (κ1) is 18.1. The molecule has 0 saturated heterocycles. The summed E-state index contributed by atoms with van der Waals surface area (Å²) in [6, 6.07) is 11.9. The van der Waals surface area contributed by atoms with Crippen LogP contribution < -0.4 is 5.32 Å². The lowest BCUT2D eigenvalue weighted by atomic mass is 10.0. The number of benzene rings is 1. The number of nitrogens with one attached hydrogen (secondary N) is 1. The Bertz CT molecular complexity index is 926. The first-order valence-corrected chi connectivity index (χ1v) is 9.08. The molecule has 2 aromatic heterocycles. The zero-order valence-electron chi connectivity index (χ0n) is 16.1. The van der Waals surface area contributed by atoms with Crippen LogP contribution in [-0.2, 0) is 0 Å². The Hall–Kier alpha value is -2.69. The SMILES string of the molecule is CCC(C)(C)NC(=O)c1cc(-c2ccccc2)nc2c1cnn2C(C)C.